The van der Waals surface area contributed by atoms with Crippen LogP contribution >= 0.6 is 0 Å². The van der Waals surface area contributed by atoms with Gasteiger partial charge in [0.25, 0.3) is 0 Å². The highest BCUT2D eigenvalue weighted by atomic mass is 16.5. The van der Waals surface area contributed by atoms with Crippen LogP contribution in [0.5, 0.6) is 0 Å². The van der Waals surface area contributed by atoms with E-state index >= 15 is 0 Å². The first kappa shape index (κ1) is 10.8. The summed E-state index contributed by atoms with van der Waals surface area (Å²) >= 11 is 0. The molecule has 0 saturated carbocycles. The predicted octanol–water partition coefficient (Wildman–Crippen LogP) is 0.724. The van der Waals surface area contributed by atoms with E-state index in [0.717, 1.165) is 20.5 Å². The van der Waals surface area contributed by atoms with Crippen molar-refractivity contribution in [1.29, 1.82) is 5.26 Å². The summed E-state index contributed by atoms with van der Waals surface area (Å²) in [5.41, 5.74) is -0.340. The predicted molar refractivity (Wildman–Crippen MR) is 46.1 cm³/mol. The van der Waals surface area contributed by atoms with E-state index in [-0.39, 0.29) is 16.9 Å². The van der Waals surface area contributed by atoms with Gasteiger partial charge in [-0.2, -0.15) is 5.26 Å². The Hall–Kier alpha value is -2.29. The molecule has 1 aromatic heterocycles. The minimum Gasteiger partial charge on any atom is -0.465 e. The molecule has 1 heterocycles. The smallest absolute Gasteiger partial charge is 0.343 e. The van der Waals surface area contributed by atoms with Crippen LogP contribution < -0.4 is 0 Å². The number of furan rings is 1. The van der Waals surface area contributed by atoms with Gasteiger partial charge in [0, 0.05) is 0 Å². The van der Waals surface area contributed by atoms with Gasteiger partial charge in [0.2, 0.25) is 5.76 Å². The second-order valence-electron chi connectivity index (χ2n) is 2.45. The van der Waals surface area contributed by atoms with Crippen LogP contribution in [-0.2, 0) is 9.47 Å². The molecule has 0 radical (unpaired) electrons. The Kier molecular flexibility index (Phi) is 3.08. The summed E-state index contributed by atoms with van der Waals surface area (Å²) in [5, 5.41) is 8.63. The summed E-state index contributed by atoms with van der Waals surface area (Å²) in [6.07, 6.45) is 0.983. The van der Waals surface area contributed by atoms with Crippen molar-refractivity contribution in [2.24, 2.45) is 0 Å². The van der Waals surface area contributed by atoms with Gasteiger partial charge in [-0.3, -0.25) is 0 Å². The van der Waals surface area contributed by atoms with E-state index < -0.39 is 11.9 Å². The summed E-state index contributed by atoms with van der Waals surface area (Å²) in [6, 6.07) is 1.63. The zero-order chi connectivity index (χ0) is 11.4. The van der Waals surface area contributed by atoms with E-state index in [0.29, 0.717) is 0 Å². The maximum Gasteiger partial charge on any atom is 0.343 e. The van der Waals surface area contributed by atoms with E-state index in [1.807, 2.05) is 0 Å². The number of carbonyl (C=O) groups excluding carboxylic acids is 2. The molecule has 0 N–H and O–H groups in total. The first-order valence-corrected chi connectivity index (χ1v) is 3.84. The number of hydrogen-bond acceptors (Lipinski definition) is 6. The molecule has 0 spiro atoms. The average Bonchev–Trinajstić information content (AvgIpc) is 2.70. The van der Waals surface area contributed by atoms with Crippen molar-refractivity contribution >= 4 is 11.9 Å². The fourth-order valence-electron chi connectivity index (χ4n) is 1.01. The number of carbonyl (C=O) groups is 2. The largest absolute Gasteiger partial charge is 0.465 e. The van der Waals surface area contributed by atoms with Gasteiger partial charge in [-0.25, -0.2) is 9.59 Å². The van der Waals surface area contributed by atoms with E-state index in [4.69, 9.17) is 9.68 Å². The molecule has 78 valence electrons. The Morgan fingerprint density at radius 1 is 1.33 bits per heavy atom. The van der Waals surface area contributed by atoms with Gasteiger partial charge >= 0.3 is 11.9 Å². The first-order valence-electron chi connectivity index (χ1n) is 3.84. The Labute approximate surface area is 85.0 Å². The molecule has 6 nitrogen and oxygen atoms in total. The maximum absolute atomic E-state index is 11.3. The minimum absolute atomic E-state index is 0.124. The lowest BCUT2D eigenvalue weighted by molar-refractivity contribution is 0.0556. The van der Waals surface area contributed by atoms with Crippen molar-refractivity contribution in [3.63, 3.8) is 0 Å². The first-order chi connectivity index (χ1) is 7.15. The van der Waals surface area contributed by atoms with Crippen LogP contribution in [0.3, 0.4) is 0 Å². The SMILES string of the molecule is COC(=O)c1coc(C#N)c1C(=O)OC. The maximum atomic E-state index is 11.3. The summed E-state index contributed by atoms with van der Waals surface area (Å²) < 4.78 is 13.6. The zero-order valence-electron chi connectivity index (χ0n) is 8.07. The minimum atomic E-state index is -0.819. The van der Waals surface area contributed by atoms with Gasteiger partial charge in [0.15, 0.2) is 0 Å². The topological polar surface area (TPSA) is 89.5 Å². The molecule has 0 fully saturated rings. The second kappa shape index (κ2) is 4.28. The normalized spacial score (nSPS) is 9.13. The number of methoxy groups -OCH3 is 2. The molecule has 1 aromatic rings. The van der Waals surface area contributed by atoms with Gasteiger partial charge in [-0.05, 0) is 0 Å². The second-order valence-corrected chi connectivity index (χ2v) is 2.45. The Morgan fingerprint density at radius 3 is 2.40 bits per heavy atom. The lowest BCUT2D eigenvalue weighted by Gasteiger charge is -1.98. The zero-order valence-corrected chi connectivity index (χ0v) is 8.07. The lowest BCUT2D eigenvalue weighted by Crippen LogP contribution is -2.10. The highest BCUT2D eigenvalue weighted by molar-refractivity contribution is 6.04. The van der Waals surface area contributed by atoms with Crippen molar-refractivity contribution in [2.45, 2.75) is 0 Å². The van der Waals surface area contributed by atoms with Crippen molar-refractivity contribution in [3.05, 3.63) is 23.2 Å². The Bertz CT molecular complexity index is 440. The van der Waals surface area contributed by atoms with Gasteiger partial charge in [-0.1, -0.05) is 0 Å². The van der Waals surface area contributed by atoms with Crippen molar-refractivity contribution in [1.82, 2.24) is 0 Å². The van der Waals surface area contributed by atoms with E-state index in [1.54, 1.807) is 6.07 Å². The summed E-state index contributed by atoms with van der Waals surface area (Å²) in [6.45, 7) is 0. The summed E-state index contributed by atoms with van der Waals surface area (Å²) in [5.74, 6) is -1.86. The number of ether oxygens (including phenoxy) is 2. The summed E-state index contributed by atoms with van der Waals surface area (Å²) in [7, 11) is 2.29. The summed E-state index contributed by atoms with van der Waals surface area (Å²) in [4.78, 5) is 22.4. The molecule has 0 aromatic carbocycles. The monoisotopic (exact) mass is 209 g/mol. The van der Waals surface area contributed by atoms with Crippen LogP contribution in [0.25, 0.3) is 0 Å². The lowest BCUT2D eigenvalue weighted by atomic mass is 10.1. The molecule has 0 aliphatic heterocycles. The average molecular weight is 209 g/mol. The number of hydrogen-bond donors (Lipinski definition) is 0. The van der Waals surface area contributed by atoms with Crippen LogP contribution in [0.1, 0.15) is 26.5 Å². The molecule has 0 amide bonds. The third-order valence-corrected chi connectivity index (χ3v) is 1.69. The fraction of sp³-hybridized carbons (Fsp3) is 0.222. The molecule has 0 atom stereocenters. The molecule has 0 saturated heterocycles. The van der Waals surface area contributed by atoms with Crippen LogP contribution in [0, 0.1) is 11.3 Å². The number of nitriles is 1. The molecule has 6 heteroatoms. The van der Waals surface area contributed by atoms with Crippen LogP contribution in [-0.4, -0.2) is 26.2 Å². The van der Waals surface area contributed by atoms with E-state index in [2.05, 4.69) is 9.47 Å². The Morgan fingerprint density at radius 2 is 1.93 bits per heavy atom. The number of rotatable bonds is 2. The Balaban J connectivity index is 3.31. The van der Waals surface area contributed by atoms with E-state index in [1.165, 1.54) is 0 Å². The highest BCUT2D eigenvalue weighted by Gasteiger charge is 2.26. The molecule has 0 unspecified atom stereocenters. The fourth-order valence-corrected chi connectivity index (χ4v) is 1.01. The molecular formula is C9H7NO5. The van der Waals surface area contributed by atoms with Crippen molar-refractivity contribution in [3.8, 4) is 6.07 Å². The molecule has 1 rings (SSSR count). The van der Waals surface area contributed by atoms with Crippen LogP contribution in [0.2, 0.25) is 0 Å². The van der Waals surface area contributed by atoms with Gasteiger partial charge in [0.1, 0.15) is 23.5 Å². The molecule has 0 aliphatic carbocycles. The highest BCUT2D eigenvalue weighted by Crippen LogP contribution is 2.18. The molecule has 15 heavy (non-hydrogen) atoms. The third-order valence-electron chi connectivity index (χ3n) is 1.69. The standard InChI is InChI=1S/C9H7NO5/c1-13-8(11)5-4-15-6(3-10)7(5)9(12)14-2/h4H,1-2H3. The molecular weight excluding hydrogens is 202 g/mol. The quantitative estimate of drug-likeness (QED) is 0.667. The van der Waals surface area contributed by atoms with Crippen LogP contribution in [0.15, 0.2) is 10.7 Å². The molecule has 0 aliphatic rings. The van der Waals surface area contributed by atoms with Gasteiger partial charge in [-0.15, -0.1) is 0 Å². The van der Waals surface area contributed by atoms with Crippen molar-refractivity contribution in [2.75, 3.05) is 14.2 Å². The van der Waals surface area contributed by atoms with Crippen molar-refractivity contribution < 1.29 is 23.5 Å². The third kappa shape index (κ3) is 1.81. The number of esters is 2. The molecule has 0 bridgehead atoms. The van der Waals surface area contributed by atoms with Crippen LogP contribution in [0.4, 0.5) is 0 Å². The number of nitrogens with zero attached hydrogens (tertiary/aromatic N) is 1. The van der Waals surface area contributed by atoms with E-state index in [9.17, 15) is 9.59 Å². The van der Waals surface area contributed by atoms with Gasteiger partial charge < -0.3 is 13.9 Å². The van der Waals surface area contributed by atoms with Gasteiger partial charge in [0.05, 0.1) is 14.2 Å².